The minimum Gasteiger partial charge on any atom is -0.494 e. The van der Waals surface area contributed by atoms with Crippen molar-refractivity contribution in [1.82, 2.24) is 9.88 Å². The van der Waals surface area contributed by atoms with Crippen molar-refractivity contribution in [2.75, 3.05) is 25.0 Å². The van der Waals surface area contributed by atoms with Gasteiger partial charge in [0.1, 0.15) is 11.3 Å². The Morgan fingerprint density at radius 1 is 1.06 bits per heavy atom. The molecule has 1 saturated carbocycles. The molecule has 0 atom stereocenters. The van der Waals surface area contributed by atoms with E-state index in [-0.39, 0.29) is 27.8 Å². The van der Waals surface area contributed by atoms with Crippen molar-refractivity contribution in [3.63, 3.8) is 0 Å². The van der Waals surface area contributed by atoms with Crippen LogP contribution in [0.1, 0.15) is 49.4 Å². The molecule has 1 heterocycles. The van der Waals surface area contributed by atoms with Gasteiger partial charge in [-0.05, 0) is 62.2 Å². The highest BCUT2D eigenvalue weighted by molar-refractivity contribution is 7.92. The third kappa shape index (κ3) is 4.91. The maximum Gasteiger partial charge on any atom is 0.264 e. The van der Waals surface area contributed by atoms with Crippen molar-refractivity contribution >= 4 is 32.5 Å². The molecule has 3 aromatic rings. The second-order valence-electron chi connectivity index (χ2n) is 8.85. The van der Waals surface area contributed by atoms with Crippen molar-refractivity contribution < 1.29 is 17.9 Å². The Bertz CT molecular complexity index is 1380. The summed E-state index contributed by atoms with van der Waals surface area (Å²) in [6.07, 6.45) is 6.57. The number of nitrogens with one attached hydrogen (secondary N) is 1. The number of nitrogens with zero attached hydrogens (tertiary/aromatic N) is 2. The highest BCUT2D eigenvalue weighted by atomic mass is 32.2. The largest absolute Gasteiger partial charge is 0.494 e. The average Bonchev–Trinajstić information content (AvgIpc) is 2.88. The number of ether oxygens (including phenoxy) is 1. The lowest BCUT2D eigenvalue weighted by atomic mass is 9.94. The molecule has 0 aliphatic heterocycles. The Balaban J connectivity index is 1.67. The van der Waals surface area contributed by atoms with E-state index in [1.807, 2.05) is 6.92 Å². The monoisotopic (exact) mass is 497 g/mol. The summed E-state index contributed by atoms with van der Waals surface area (Å²) in [6, 6.07) is 11.2. The van der Waals surface area contributed by atoms with E-state index in [2.05, 4.69) is 4.98 Å². The van der Waals surface area contributed by atoms with E-state index in [1.54, 1.807) is 42.3 Å². The number of rotatable bonds is 7. The number of hydrogen-bond acceptors (Lipinski definition) is 5. The Morgan fingerprint density at radius 2 is 1.74 bits per heavy atom. The van der Waals surface area contributed by atoms with Gasteiger partial charge in [0.2, 0.25) is 5.43 Å². The maximum atomic E-state index is 13.3. The first-order valence-corrected chi connectivity index (χ1v) is 13.3. The van der Waals surface area contributed by atoms with Crippen molar-refractivity contribution in [2.24, 2.45) is 0 Å². The molecule has 0 radical (unpaired) electrons. The maximum absolute atomic E-state index is 13.3. The zero-order chi connectivity index (χ0) is 25.2. The van der Waals surface area contributed by atoms with Crippen molar-refractivity contribution in [2.45, 2.75) is 50.0 Å². The van der Waals surface area contributed by atoms with Gasteiger partial charge < -0.3 is 14.6 Å². The molecule has 0 bridgehead atoms. The highest BCUT2D eigenvalue weighted by Crippen LogP contribution is 2.26. The quantitative estimate of drug-likeness (QED) is 0.528. The fraction of sp³-hybridized carbons (Fsp3) is 0.385. The third-order valence-corrected chi connectivity index (χ3v) is 8.48. The lowest BCUT2D eigenvalue weighted by Crippen LogP contribution is -2.40. The molecule has 8 nitrogen and oxygen atoms in total. The second kappa shape index (κ2) is 10.1. The van der Waals surface area contributed by atoms with Crippen molar-refractivity contribution in [3.05, 3.63) is 64.4 Å². The number of carbonyl (C=O) groups is 1. The number of benzene rings is 2. The molecule has 35 heavy (non-hydrogen) atoms. The first-order chi connectivity index (χ1) is 16.7. The van der Waals surface area contributed by atoms with Crippen LogP contribution >= 0.6 is 0 Å². The minimum atomic E-state index is -3.95. The Morgan fingerprint density at radius 3 is 2.40 bits per heavy atom. The molecular weight excluding hydrogens is 466 g/mol. The van der Waals surface area contributed by atoms with Crippen LogP contribution in [0.3, 0.4) is 0 Å². The molecule has 4 rings (SSSR count). The van der Waals surface area contributed by atoms with Crippen molar-refractivity contribution in [1.29, 1.82) is 0 Å². The van der Waals surface area contributed by atoms with Crippen LogP contribution in [0.15, 0.2) is 58.4 Å². The molecule has 1 aromatic heterocycles. The number of hydrogen-bond donors (Lipinski definition) is 1. The van der Waals surface area contributed by atoms with E-state index in [9.17, 15) is 18.0 Å². The first-order valence-electron chi connectivity index (χ1n) is 11.9. The van der Waals surface area contributed by atoms with Gasteiger partial charge in [-0.2, -0.15) is 0 Å². The van der Waals surface area contributed by atoms with E-state index in [4.69, 9.17) is 4.74 Å². The number of aromatic amines is 1. The van der Waals surface area contributed by atoms with Crippen LogP contribution in [0.5, 0.6) is 5.75 Å². The molecule has 2 aromatic carbocycles. The van der Waals surface area contributed by atoms with Crippen LogP contribution in [0.25, 0.3) is 10.9 Å². The molecule has 1 fully saturated rings. The van der Waals surface area contributed by atoms with Gasteiger partial charge >= 0.3 is 0 Å². The van der Waals surface area contributed by atoms with Gasteiger partial charge in [-0.1, -0.05) is 19.3 Å². The molecular formula is C26H31N3O5S. The van der Waals surface area contributed by atoms with E-state index in [1.165, 1.54) is 25.4 Å². The van der Waals surface area contributed by atoms with E-state index in [0.29, 0.717) is 23.6 Å². The van der Waals surface area contributed by atoms with Gasteiger partial charge in [0.05, 0.1) is 17.2 Å². The predicted octanol–water partition coefficient (Wildman–Crippen LogP) is 4.16. The van der Waals surface area contributed by atoms with E-state index in [0.717, 1.165) is 36.4 Å². The molecule has 0 spiro atoms. The van der Waals surface area contributed by atoms with Gasteiger partial charge in [-0.25, -0.2) is 8.42 Å². The fourth-order valence-electron chi connectivity index (χ4n) is 4.56. The summed E-state index contributed by atoms with van der Waals surface area (Å²) in [5.41, 5.74) is 0.460. The molecule has 1 aliphatic rings. The molecule has 186 valence electrons. The van der Waals surface area contributed by atoms with E-state index < -0.39 is 15.5 Å². The first kappa shape index (κ1) is 24.8. The Kier molecular flexibility index (Phi) is 7.16. The third-order valence-electron chi connectivity index (χ3n) is 6.70. The summed E-state index contributed by atoms with van der Waals surface area (Å²) in [5, 5.41) is 0.161. The number of pyridine rings is 1. The Hall–Kier alpha value is -3.33. The standard InChI is InChI=1S/C26H31N3O5S/c1-4-34-20-12-10-19(11-13-20)29(3)35(32,33)21-14-15-24-22(16-21)25(30)23(17-27-24)26(31)28(2)18-8-6-5-7-9-18/h10-18H,4-9H2,1-3H3,(H,27,30). The topological polar surface area (TPSA) is 99.8 Å². The summed E-state index contributed by atoms with van der Waals surface area (Å²) >= 11 is 0. The van der Waals surface area contributed by atoms with Gasteiger partial charge in [-0.15, -0.1) is 0 Å². The predicted molar refractivity (Wildman–Crippen MR) is 137 cm³/mol. The number of sulfonamides is 1. The number of aromatic nitrogens is 1. The molecule has 9 heteroatoms. The molecule has 1 amide bonds. The normalized spacial score (nSPS) is 14.6. The summed E-state index contributed by atoms with van der Waals surface area (Å²) in [5.74, 6) is 0.300. The number of anilines is 1. The van der Waals surface area contributed by atoms with Crippen LogP contribution < -0.4 is 14.5 Å². The van der Waals surface area contributed by atoms with Crippen molar-refractivity contribution in [3.8, 4) is 5.75 Å². The van der Waals surface area contributed by atoms with E-state index >= 15 is 0 Å². The molecule has 0 unspecified atom stereocenters. The van der Waals surface area contributed by atoms with Gasteiger partial charge in [-0.3, -0.25) is 13.9 Å². The van der Waals surface area contributed by atoms with Gasteiger partial charge in [0, 0.05) is 37.2 Å². The number of amides is 1. The fourth-order valence-corrected chi connectivity index (χ4v) is 5.78. The lowest BCUT2D eigenvalue weighted by molar-refractivity contribution is 0.0695. The average molecular weight is 498 g/mol. The lowest BCUT2D eigenvalue weighted by Gasteiger charge is -2.31. The number of H-pyrrole nitrogens is 1. The van der Waals surface area contributed by atoms with Crippen LogP contribution in [-0.2, 0) is 10.0 Å². The summed E-state index contributed by atoms with van der Waals surface area (Å²) in [6.45, 7) is 2.39. The minimum absolute atomic E-state index is 0.0139. The number of carbonyl (C=O) groups excluding carboxylic acids is 1. The summed E-state index contributed by atoms with van der Waals surface area (Å²) in [7, 11) is -0.760. The van der Waals surface area contributed by atoms with Gasteiger partial charge in [0.25, 0.3) is 15.9 Å². The zero-order valence-corrected chi connectivity index (χ0v) is 21.1. The van der Waals surface area contributed by atoms with Crippen LogP contribution in [-0.4, -0.2) is 51.0 Å². The zero-order valence-electron chi connectivity index (χ0n) is 20.3. The Labute approximate surface area is 205 Å². The summed E-state index contributed by atoms with van der Waals surface area (Å²) < 4.78 is 33.3. The molecule has 0 saturated heterocycles. The van der Waals surface area contributed by atoms with Crippen LogP contribution in [0, 0.1) is 0 Å². The molecule has 1 N–H and O–H groups in total. The smallest absolute Gasteiger partial charge is 0.264 e. The molecule has 1 aliphatic carbocycles. The number of fused-ring (bicyclic) bond motifs is 1. The van der Waals surface area contributed by atoms with Crippen LogP contribution in [0.4, 0.5) is 5.69 Å². The second-order valence-corrected chi connectivity index (χ2v) is 10.8. The van der Waals surface area contributed by atoms with Crippen LogP contribution in [0.2, 0.25) is 0 Å². The van der Waals surface area contributed by atoms with Gasteiger partial charge in [0.15, 0.2) is 0 Å². The SMILES string of the molecule is CCOc1ccc(N(C)S(=O)(=O)c2ccc3[nH]cc(C(=O)N(C)C4CCCCC4)c(=O)c3c2)cc1. The highest BCUT2D eigenvalue weighted by Gasteiger charge is 2.26. The summed E-state index contributed by atoms with van der Waals surface area (Å²) in [4.78, 5) is 31.0.